The van der Waals surface area contributed by atoms with Crippen LogP contribution in [0.25, 0.3) is 0 Å². The zero-order valence-corrected chi connectivity index (χ0v) is 11.8. The number of urea groups is 2. The molecule has 0 aromatic heterocycles. The zero-order valence-electron chi connectivity index (χ0n) is 11.8. The molecule has 2 atom stereocenters. The monoisotopic (exact) mass is 290 g/mol. The van der Waals surface area contributed by atoms with Gasteiger partial charge in [-0.15, -0.1) is 10.1 Å². The minimum absolute atomic E-state index is 0.204. The fourth-order valence-corrected chi connectivity index (χ4v) is 2.30. The highest BCUT2D eigenvalue weighted by molar-refractivity contribution is 5.84. The summed E-state index contributed by atoms with van der Waals surface area (Å²) in [7, 11) is 2.63. The molecule has 4 amide bonds. The summed E-state index contributed by atoms with van der Waals surface area (Å²) in [5.74, 6) is -1.59. The summed E-state index contributed by atoms with van der Waals surface area (Å²) in [6.45, 7) is 3.87. The molecule has 2 aliphatic rings. The summed E-state index contributed by atoms with van der Waals surface area (Å²) in [4.78, 5) is 39.8. The van der Waals surface area contributed by atoms with Crippen molar-refractivity contribution in [2.75, 3.05) is 27.4 Å². The van der Waals surface area contributed by atoms with Crippen molar-refractivity contribution in [2.45, 2.75) is 25.9 Å². The summed E-state index contributed by atoms with van der Waals surface area (Å²) in [5.41, 5.74) is 0. The standard InChI is InChI=1S/C10H18N4O6/c1-5-19-12-7-10(17-3,13(18-4)8(15)11-7)14(9(12)16)20-6-2/h7H,5-6H2,1-4H3,(H,11,15). The lowest BCUT2D eigenvalue weighted by Gasteiger charge is -2.36. The molecule has 2 aliphatic heterocycles. The maximum absolute atomic E-state index is 12.3. The van der Waals surface area contributed by atoms with E-state index in [1.807, 2.05) is 0 Å². The number of nitrogens with zero attached hydrogens (tertiary/aromatic N) is 3. The number of hydrogen-bond acceptors (Lipinski definition) is 6. The number of carbonyl (C=O) groups excluding carboxylic acids is 2. The highest BCUT2D eigenvalue weighted by Gasteiger charge is 2.71. The predicted molar refractivity (Wildman–Crippen MR) is 63.2 cm³/mol. The van der Waals surface area contributed by atoms with Crippen LogP contribution in [0, 0.1) is 0 Å². The number of ether oxygens (including phenoxy) is 1. The fourth-order valence-electron chi connectivity index (χ4n) is 2.30. The number of nitrogens with one attached hydrogen (secondary N) is 1. The van der Waals surface area contributed by atoms with Crippen LogP contribution in [-0.4, -0.2) is 66.7 Å². The molecule has 0 spiro atoms. The first-order chi connectivity index (χ1) is 9.58. The van der Waals surface area contributed by atoms with Crippen LogP contribution in [0.1, 0.15) is 13.8 Å². The Balaban J connectivity index is 2.46. The molecule has 2 saturated heterocycles. The van der Waals surface area contributed by atoms with Crippen LogP contribution in [0.5, 0.6) is 0 Å². The Hall–Kier alpha value is -1.62. The van der Waals surface area contributed by atoms with Gasteiger partial charge in [-0.05, 0) is 13.8 Å². The molecule has 20 heavy (non-hydrogen) atoms. The topological polar surface area (TPSA) is 92.8 Å². The van der Waals surface area contributed by atoms with Crippen molar-refractivity contribution in [1.29, 1.82) is 0 Å². The number of rotatable bonds is 6. The second kappa shape index (κ2) is 5.40. The SMILES string of the molecule is CCON1C(=O)N(OCC)C2(OC)C1NC(=O)N2OC. The third kappa shape index (κ3) is 1.73. The molecule has 10 nitrogen and oxygen atoms in total. The summed E-state index contributed by atoms with van der Waals surface area (Å²) in [6, 6.07) is -1.16. The van der Waals surface area contributed by atoms with Crippen molar-refractivity contribution >= 4 is 12.1 Å². The maximum Gasteiger partial charge on any atom is 0.374 e. The molecule has 2 fully saturated rings. The highest BCUT2D eigenvalue weighted by Crippen LogP contribution is 2.39. The van der Waals surface area contributed by atoms with E-state index in [4.69, 9.17) is 19.2 Å². The predicted octanol–water partition coefficient (Wildman–Crippen LogP) is -0.160. The largest absolute Gasteiger partial charge is 0.374 e. The van der Waals surface area contributed by atoms with Gasteiger partial charge >= 0.3 is 17.9 Å². The molecule has 10 heteroatoms. The van der Waals surface area contributed by atoms with Gasteiger partial charge < -0.3 is 10.1 Å². The van der Waals surface area contributed by atoms with Gasteiger partial charge in [0.05, 0.1) is 20.3 Å². The number of hydroxylamine groups is 6. The van der Waals surface area contributed by atoms with Gasteiger partial charge in [-0.3, -0.25) is 14.5 Å². The van der Waals surface area contributed by atoms with Crippen LogP contribution in [-0.2, 0) is 19.2 Å². The van der Waals surface area contributed by atoms with E-state index in [1.54, 1.807) is 13.8 Å². The average Bonchev–Trinajstić information content (AvgIpc) is 2.83. The van der Waals surface area contributed by atoms with Crippen molar-refractivity contribution in [1.82, 2.24) is 20.5 Å². The van der Waals surface area contributed by atoms with Gasteiger partial charge in [0.15, 0.2) is 0 Å². The molecule has 0 aliphatic carbocycles. The van der Waals surface area contributed by atoms with Crippen LogP contribution in [0.2, 0.25) is 0 Å². The van der Waals surface area contributed by atoms with Crippen molar-refractivity contribution in [3.63, 3.8) is 0 Å². The van der Waals surface area contributed by atoms with Crippen LogP contribution >= 0.6 is 0 Å². The van der Waals surface area contributed by atoms with Gasteiger partial charge in [-0.1, -0.05) is 0 Å². The van der Waals surface area contributed by atoms with E-state index in [2.05, 4.69) is 5.32 Å². The number of fused-ring (bicyclic) bond motifs is 1. The van der Waals surface area contributed by atoms with Gasteiger partial charge in [-0.2, -0.15) is 5.06 Å². The maximum atomic E-state index is 12.3. The molecule has 1 N–H and O–H groups in total. The smallest absolute Gasteiger partial charge is 0.335 e. The first-order valence-electron chi connectivity index (χ1n) is 6.17. The highest BCUT2D eigenvalue weighted by atomic mass is 16.8. The van der Waals surface area contributed by atoms with Crippen molar-refractivity contribution in [3.05, 3.63) is 0 Å². The van der Waals surface area contributed by atoms with Gasteiger partial charge in [-0.25, -0.2) is 9.59 Å². The number of amides is 4. The third-order valence-corrected chi connectivity index (χ3v) is 2.99. The van der Waals surface area contributed by atoms with E-state index in [-0.39, 0.29) is 13.2 Å². The average molecular weight is 290 g/mol. The summed E-state index contributed by atoms with van der Waals surface area (Å²) in [5, 5.41) is 5.37. The quantitative estimate of drug-likeness (QED) is 0.730. The first-order valence-corrected chi connectivity index (χ1v) is 6.17. The van der Waals surface area contributed by atoms with E-state index in [0.29, 0.717) is 0 Å². The normalized spacial score (nSPS) is 29.2. The Labute approximate surface area is 115 Å². The number of methoxy groups -OCH3 is 1. The molecule has 114 valence electrons. The van der Waals surface area contributed by atoms with E-state index >= 15 is 0 Å². The minimum Gasteiger partial charge on any atom is -0.335 e. The lowest BCUT2D eigenvalue weighted by atomic mass is 10.3. The molecule has 0 radical (unpaired) electrons. The molecular weight excluding hydrogens is 272 g/mol. The molecule has 2 rings (SSSR count). The Morgan fingerprint density at radius 1 is 1.15 bits per heavy atom. The molecule has 2 heterocycles. The molecular formula is C10H18N4O6. The Morgan fingerprint density at radius 2 is 1.80 bits per heavy atom. The van der Waals surface area contributed by atoms with E-state index in [1.165, 1.54) is 14.2 Å². The zero-order chi connectivity index (χ0) is 14.9. The number of hydrogen-bond donors (Lipinski definition) is 1. The second-order valence-electron chi connectivity index (χ2n) is 3.93. The summed E-state index contributed by atoms with van der Waals surface area (Å²) >= 11 is 0. The van der Waals surface area contributed by atoms with E-state index in [9.17, 15) is 9.59 Å². The molecule has 2 unspecified atom stereocenters. The van der Waals surface area contributed by atoms with Crippen LogP contribution in [0.4, 0.5) is 9.59 Å². The van der Waals surface area contributed by atoms with Crippen LogP contribution < -0.4 is 5.32 Å². The Bertz CT molecular complexity index is 407. The molecule has 0 aromatic carbocycles. The van der Waals surface area contributed by atoms with Crippen molar-refractivity contribution < 1.29 is 28.8 Å². The van der Waals surface area contributed by atoms with Gasteiger partial charge in [0.1, 0.15) is 0 Å². The Morgan fingerprint density at radius 3 is 2.30 bits per heavy atom. The van der Waals surface area contributed by atoms with Crippen LogP contribution in [0.15, 0.2) is 0 Å². The van der Waals surface area contributed by atoms with E-state index in [0.717, 1.165) is 15.2 Å². The first kappa shape index (κ1) is 14.8. The van der Waals surface area contributed by atoms with E-state index < -0.39 is 24.1 Å². The van der Waals surface area contributed by atoms with Crippen LogP contribution in [0.3, 0.4) is 0 Å². The summed E-state index contributed by atoms with van der Waals surface area (Å²) in [6.07, 6.45) is -0.918. The van der Waals surface area contributed by atoms with Gasteiger partial charge in [0.25, 0.3) is 0 Å². The van der Waals surface area contributed by atoms with Gasteiger partial charge in [0, 0.05) is 7.11 Å². The lowest BCUT2D eigenvalue weighted by molar-refractivity contribution is -0.362. The van der Waals surface area contributed by atoms with Gasteiger partial charge in [0.2, 0.25) is 6.17 Å². The second-order valence-corrected chi connectivity index (χ2v) is 3.93. The molecule has 0 aromatic rings. The summed E-state index contributed by atoms with van der Waals surface area (Å²) < 4.78 is 5.38. The van der Waals surface area contributed by atoms with Crippen molar-refractivity contribution in [3.8, 4) is 0 Å². The Kier molecular flexibility index (Phi) is 3.99. The third-order valence-electron chi connectivity index (χ3n) is 2.99. The molecule has 0 saturated carbocycles. The number of carbonyl (C=O) groups is 2. The fraction of sp³-hybridized carbons (Fsp3) is 0.800. The minimum atomic E-state index is -1.59. The van der Waals surface area contributed by atoms with Crippen molar-refractivity contribution in [2.24, 2.45) is 0 Å². The lowest BCUT2D eigenvalue weighted by Crippen LogP contribution is -2.60. The molecule has 0 bridgehead atoms.